The average molecular weight is 381 g/mol. The van der Waals surface area contributed by atoms with Crippen LogP contribution in [0, 0.1) is 5.92 Å². The smallest absolute Gasteiger partial charge is 0.320 e. The van der Waals surface area contributed by atoms with Crippen LogP contribution in [0.1, 0.15) is 24.4 Å². The number of thiazole rings is 1. The van der Waals surface area contributed by atoms with Crippen LogP contribution in [0.5, 0.6) is 5.88 Å². The number of carbonyl (C=O) groups excluding carboxylic acids is 1. The van der Waals surface area contributed by atoms with Crippen LogP contribution in [0.3, 0.4) is 0 Å². The fraction of sp³-hybridized carbons (Fsp3) is 0.263. The number of nitrogens with zero attached hydrogens (tertiary/aromatic N) is 3. The molecular formula is C19H19N5O2S. The first-order valence-electron chi connectivity index (χ1n) is 8.67. The lowest BCUT2D eigenvalue weighted by atomic mass is 10.0. The van der Waals surface area contributed by atoms with Crippen LogP contribution in [0.4, 0.5) is 10.6 Å². The predicted molar refractivity (Wildman–Crippen MR) is 104 cm³/mol. The Morgan fingerprint density at radius 1 is 1.26 bits per heavy atom. The number of nitrogens with one attached hydrogen (secondary N) is 2. The van der Waals surface area contributed by atoms with Crippen molar-refractivity contribution >= 4 is 23.2 Å². The molecule has 1 fully saturated rings. The van der Waals surface area contributed by atoms with Gasteiger partial charge in [0, 0.05) is 23.8 Å². The van der Waals surface area contributed by atoms with Gasteiger partial charge < -0.3 is 10.1 Å². The molecule has 3 aromatic heterocycles. The monoisotopic (exact) mass is 381 g/mol. The van der Waals surface area contributed by atoms with E-state index < -0.39 is 0 Å². The number of methoxy groups -OCH3 is 1. The molecule has 0 bridgehead atoms. The van der Waals surface area contributed by atoms with Crippen molar-refractivity contribution in [2.24, 2.45) is 5.92 Å². The Hall–Kier alpha value is -3.00. The largest absolute Gasteiger partial charge is 0.481 e. The van der Waals surface area contributed by atoms with Crippen LogP contribution in [0.2, 0.25) is 0 Å². The molecule has 3 heterocycles. The quantitative estimate of drug-likeness (QED) is 0.676. The summed E-state index contributed by atoms with van der Waals surface area (Å²) in [7, 11) is 1.58. The van der Waals surface area contributed by atoms with E-state index in [-0.39, 0.29) is 12.1 Å². The van der Waals surface area contributed by atoms with Gasteiger partial charge in [0.15, 0.2) is 0 Å². The first kappa shape index (κ1) is 17.4. The second-order valence-electron chi connectivity index (χ2n) is 6.30. The number of pyridine rings is 2. The van der Waals surface area contributed by atoms with Gasteiger partial charge in [-0.05, 0) is 36.5 Å². The lowest BCUT2D eigenvalue weighted by Crippen LogP contribution is -2.33. The van der Waals surface area contributed by atoms with Gasteiger partial charge in [0.2, 0.25) is 5.88 Å². The molecular weight excluding hydrogens is 362 g/mol. The van der Waals surface area contributed by atoms with Crippen molar-refractivity contribution in [3.05, 3.63) is 53.7 Å². The van der Waals surface area contributed by atoms with E-state index >= 15 is 0 Å². The van der Waals surface area contributed by atoms with Crippen molar-refractivity contribution in [2.45, 2.75) is 18.9 Å². The molecule has 0 aliphatic heterocycles. The zero-order chi connectivity index (χ0) is 18.6. The maximum Gasteiger partial charge on any atom is 0.320 e. The van der Waals surface area contributed by atoms with E-state index in [4.69, 9.17) is 4.74 Å². The number of aromatic nitrogens is 3. The number of carbonyl (C=O) groups is 1. The molecule has 2 amide bonds. The van der Waals surface area contributed by atoms with E-state index in [1.54, 1.807) is 19.5 Å². The molecule has 0 aromatic carbocycles. The molecule has 0 saturated heterocycles. The molecule has 7 nitrogen and oxygen atoms in total. The van der Waals surface area contributed by atoms with Crippen molar-refractivity contribution in [3.63, 3.8) is 0 Å². The standard InChI is InChI=1S/C19H19N5O2S/c1-26-16-8-7-13(10-21-16)17(12-5-6-12)24-19(25)23-15-11-27-18(22-15)14-4-2-3-9-20-14/h2-4,7-12,17H,5-6H2,1H3,(H2,23,24,25). The lowest BCUT2D eigenvalue weighted by Gasteiger charge is -2.18. The number of urea groups is 1. The van der Waals surface area contributed by atoms with Gasteiger partial charge in [-0.15, -0.1) is 11.3 Å². The summed E-state index contributed by atoms with van der Waals surface area (Å²) >= 11 is 1.44. The van der Waals surface area contributed by atoms with E-state index in [1.165, 1.54) is 11.3 Å². The molecule has 0 radical (unpaired) electrons. The number of rotatable bonds is 6. The first-order valence-corrected chi connectivity index (χ1v) is 9.55. The topological polar surface area (TPSA) is 89.0 Å². The number of hydrogen-bond acceptors (Lipinski definition) is 6. The van der Waals surface area contributed by atoms with Crippen molar-refractivity contribution < 1.29 is 9.53 Å². The molecule has 1 aliphatic carbocycles. The van der Waals surface area contributed by atoms with Crippen LogP contribution in [-0.4, -0.2) is 28.1 Å². The summed E-state index contributed by atoms with van der Waals surface area (Å²) in [5.41, 5.74) is 1.76. The molecule has 1 unspecified atom stereocenters. The van der Waals surface area contributed by atoms with Gasteiger partial charge in [-0.2, -0.15) is 0 Å². The molecule has 0 spiro atoms. The van der Waals surface area contributed by atoms with Crippen LogP contribution < -0.4 is 15.4 Å². The summed E-state index contributed by atoms with van der Waals surface area (Å²) in [6.07, 6.45) is 5.67. The highest BCUT2D eigenvalue weighted by Gasteiger charge is 2.33. The Labute approximate surface area is 160 Å². The summed E-state index contributed by atoms with van der Waals surface area (Å²) in [6.45, 7) is 0. The maximum absolute atomic E-state index is 12.5. The Kier molecular flexibility index (Phi) is 4.97. The van der Waals surface area contributed by atoms with Gasteiger partial charge in [-0.25, -0.2) is 14.8 Å². The van der Waals surface area contributed by atoms with Gasteiger partial charge >= 0.3 is 6.03 Å². The minimum Gasteiger partial charge on any atom is -0.481 e. The fourth-order valence-corrected chi connectivity index (χ4v) is 3.56. The summed E-state index contributed by atoms with van der Waals surface area (Å²) in [5.74, 6) is 1.51. The molecule has 1 aliphatic rings. The Morgan fingerprint density at radius 2 is 2.15 bits per heavy atom. The van der Waals surface area contributed by atoms with Gasteiger partial charge in [0.25, 0.3) is 0 Å². The summed E-state index contributed by atoms with van der Waals surface area (Å²) in [6, 6.07) is 9.06. The fourth-order valence-electron chi connectivity index (χ4n) is 2.83. The molecule has 138 valence electrons. The third-order valence-electron chi connectivity index (χ3n) is 4.34. The molecule has 1 atom stereocenters. The van der Waals surface area contributed by atoms with Crippen molar-refractivity contribution in [2.75, 3.05) is 12.4 Å². The molecule has 4 rings (SSSR count). The molecule has 2 N–H and O–H groups in total. The lowest BCUT2D eigenvalue weighted by molar-refractivity contribution is 0.247. The predicted octanol–water partition coefficient (Wildman–Crippen LogP) is 3.88. The van der Waals surface area contributed by atoms with Gasteiger partial charge in [-0.1, -0.05) is 12.1 Å². The number of amides is 2. The van der Waals surface area contributed by atoms with Crippen LogP contribution in [0.15, 0.2) is 48.1 Å². The number of ether oxygens (including phenoxy) is 1. The Bertz CT molecular complexity index is 909. The zero-order valence-corrected chi connectivity index (χ0v) is 15.6. The van der Waals surface area contributed by atoms with Gasteiger partial charge in [0.1, 0.15) is 10.8 Å². The highest BCUT2D eigenvalue weighted by atomic mass is 32.1. The summed E-state index contributed by atoms with van der Waals surface area (Å²) in [4.78, 5) is 25.4. The number of hydrogen-bond donors (Lipinski definition) is 2. The van der Waals surface area contributed by atoms with Crippen molar-refractivity contribution in [1.29, 1.82) is 0 Å². The first-order chi connectivity index (χ1) is 13.2. The van der Waals surface area contributed by atoms with Crippen molar-refractivity contribution in [3.8, 4) is 16.6 Å². The SMILES string of the molecule is COc1ccc(C(NC(=O)Nc2csc(-c3ccccn3)n2)C2CC2)cn1. The molecule has 27 heavy (non-hydrogen) atoms. The second-order valence-corrected chi connectivity index (χ2v) is 7.16. The normalized spacial score (nSPS) is 14.4. The maximum atomic E-state index is 12.5. The van der Waals surface area contributed by atoms with Crippen LogP contribution in [-0.2, 0) is 0 Å². The second kappa shape index (κ2) is 7.71. The van der Waals surface area contributed by atoms with Gasteiger partial charge in [-0.3, -0.25) is 10.3 Å². The highest BCUT2D eigenvalue weighted by Crippen LogP contribution is 2.41. The van der Waals surface area contributed by atoms with E-state index in [0.717, 1.165) is 29.1 Å². The Balaban J connectivity index is 1.42. The van der Waals surface area contributed by atoms with E-state index in [1.807, 2.05) is 35.7 Å². The third-order valence-corrected chi connectivity index (χ3v) is 5.20. The minimum absolute atomic E-state index is 0.0719. The summed E-state index contributed by atoms with van der Waals surface area (Å²) in [5, 5.41) is 8.44. The van der Waals surface area contributed by atoms with E-state index in [9.17, 15) is 4.79 Å². The van der Waals surface area contributed by atoms with Crippen LogP contribution >= 0.6 is 11.3 Å². The molecule has 3 aromatic rings. The Morgan fingerprint density at radius 3 is 2.81 bits per heavy atom. The van der Waals surface area contributed by atoms with Crippen molar-refractivity contribution in [1.82, 2.24) is 20.3 Å². The van der Waals surface area contributed by atoms with E-state index in [2.05, 4.69) is 25.6 Å². The van der Waals surface area contributed by atoms with E-state index in [0.29, 0.717) is 17.6 Å². The average Bonchev–Trinajstić information content (AvgIpc) is 3.45. The minimum atomic E-state index is -0.277. The van der Waals surface area contributed by atoms with Crippen LogP contribution in [0.25, 0.3) is 10.7 Å². The molecule has 1 saturated carbocycles. The highest BCUT2D eigenvalue weighted by molar-refractivity contribution is 7.13. The third kappa shape index (κ3) is 4.22. The number of anilines is 1. The molecule has 8 heteroatoms. The summed E-state index contributed by atoms with van der Waals surface area (Å²) < 4.78 is 5.10. The van der Waals surface area contributed by atoms with Gasteiger partial charge in [0.05, 0.1) is 18.8 Å². The zero-order valence-electron chi connectivity index (χ0n) is 14.8.